The van der Waals surface area contributed by atoms with Crippen LogP contribution in [-0.2, 0) is 9.53 Å². The molecule has 0 unspecified atom stereocenters. The molecule has 1 N–H and O–H groups in total. The molecule has 0 aromatic heterocycles. The number of rotatable bonds is 16. The summed E-state index contributed by atoms with van der Waals surface area (Å²) in [6, 6.07) is 0. The van der Waals surface area contributed by atoms with Gasteiger partial charge in [-0.15, -0.1) is 12.3 Å². The fourth-order valence-corrected chi connectivity index (χ4v) is 3.58. The Morgan fingerprint density at radius 2 is 1.68 bits per heavy atom. The minimum Gasteiger partial charge on any atom is -0.461 e. The van der Waals surface area contributed by atoms with Crippen LogP contribution in [0, 0.1) is 18.3 Å². The number of aliphatic hydroxyl groups is 1. The van der Waals surface area contributed by atoms with E-state index in [4.69, 9.17) is 11.2 Å². The van der Waals surface area contributed by atoms with E-state index in [0.717, 1.165) is 38.5 Å². The van der Waals surface area contributed by atoms with Crippen LogP contribution in [0.25, 0.3) is 0 Å². The minimum atomic E-state index is -0.337. The van der Waals surface area contributed by atoms with Crippen molar-refractivity contribution in [1.82, 2.24) is 0 Å². The number of cyclic esters (lactones) is 1. The number of aliphatic hydroxyl groups excluding tert-OH is 1. The van der Waals surface area contributed by atoms with Crippen LogP contribution >= 0.6 is 0 Å². The van der Waals surface area contributed by atoms with E-state index in [1.807, 2.05) is 0 Å². The molecule has 0 aromatic carbocycles. The third-order valence-corrected chi connectivity index (χ3v) is 5.25. The summed E-state index contributed by atoms with van der Waals surface area (Å²) < 4.78 is 5.23. The number of hydrogen-bond donors (Lipinski definition) is 1. The molecule has 3 atom stereocenters. The maximum atomic E-state index is 11.6. The predicted molar refractivity (Wildman–Crippen MR) is 103 cm³/mol. The summed E-state index contributed by atoms with van der Waals surface area (Å²) in [4.78, 5) is 11.6. The Kier molecular flexibility index (Phi) is 12.5. The van der Waals surface area contributed by atoms with Crippen LogP contribution in [0.3, 0.4) is 0 Å². The highest BCUT2D eigenvalue weighted by Gasteiger charge is 2.42. The molecule has 1 rings (SSSR count). The third kappa shape index (κ3) is 9.90. The average molecular weight is 351 g/mol. The van der Waals surface area contributed by atoms with Crippen molar-refractivity contribution in [2.24, 2.45) is 5.92 Å². The molecule has 0 aliphatic carbocycles. The SMILES string of the molecule is C#CCCCC[C@@H]1C(=O)O[C@H]1C[C@H](O)CCCCCCCCCCC. The van der Waals surface area contributed by atoms with Gasteiger partial charge in [-0.1, -0.05) is 71.1 Å². The van der Waals surface area contributed by atoms with Crippen molar-refractivity contribution in [3.8, 4) is 12.3 Å². The fraction of sp³-hybridized carbons (Fsp3) is 0.864. The van der Waals surface area contributed by atoms with E-state index < -0.39 is 0 Å². The lowest BCUT2D eigenvalue weighted by atomic mass is 9.86. The second-order valence-corrected chi connectivity index (χ2v) is 7.54. The molecule has 0 amide bonds. The first kappa shape index (κ1) is 22.0. The second-order valence-electron chi connectivity index (χ2n) is 7.54. The molecule has 0 bridgehead atoms. The number of carbonyl (C=O) groups is 1. The van der Waals surface area contributed by atoms with Crippen LogP contribution in [0.4, 0.5) is 0 Å². The van der Waals surface area contributed by atoms with Crippen LogP contribution in [0.2, 0.25) is 0 Å². The normalized spacial score (nSPS) is 20.6. The standard InChI is InChI=1S/C22H38O3/c1-3-5-7-9-10-11-12-13-14-16-19(23)18-21-20(22(24)25-21)17-15-8-6-4-2/h2,19-21,23H,3,5-18H2,1H3/t19-,20+,21+/m1/s1. The molecule has 1 saturated heterocycles. The smallest absolute Gasteiger partial charge is 0.313 e. The highest BCUT2D eigenvalue weighted by molar-refractivity contribution is 5.78. The van der Waals surface area contributed by atoms with E-state index in [2.05, 4.69) is 12.8 Å². The Morgan fingerprint density at radius 3 is 2.28 bits per heavy atom. The van der Waals surface area contributed by atoms with E-state index in [-0.39, 0.29) is 24.1 Å². The van der Waals surface area contributed by atoms with Crippen LogP contribution in [0.1, 0.15) is 103 Å². The summed E-state index contributed by atoms with van der Waals surface area (Å²) in [5.74, 6) is 2.51. The van der Waals surface area contributed by atoms with Gasteiger partial charge in [0.05, 0.1) is 12.0 Å². The largest absolute Gasteiger partial charge is 0.461 e. The van der Waals surface area contributed by atoms with Crippen molar-refractivity contribution in [3.05, 3.63) is 0 Å². The molecule has 3 nitrogen and oxygen atoms in total. The van der Waals surface area contributed by atoms with Crippen molar-refractivity contribution in [2.75, 3.05) is 0 Å². The molecule has 1 heterocycles. The summed E-state index contributed by atoms with van der Waals surface area (Å²) in [6.07, 6.45) is 21.4. The molecule has 0 saturated carbocycles. The first-order chi connectivity index (χ1) is 12.2. The van der Waals surface area contributed by atoms with E-state index in [0.29, 0.717) is 6.42 Å². The number of ether oxygens (including phenoxy) is 1. The van der Waals surface area contributed by atoms with Crippen LogP contribution in [0.15, 0.2) is 0 Å². The van der Waals surface area contributed by atoms with Gasteiger partial charge in [0.25, 0.3) is 0 Å². The molecule has 25 heavy (non-hydrogen) atoms. The predicted octanol–water partition coefficient (Wildman–Crippen LogP) is 5.39. The summed E-state index contributed by atoms with van der Waals surface area (Å²) in [6.45, 7) is 2.25. The van der Waals surface area contributed by atoms with E-state index >= 15 is 0 Å². The van der Waals surface area contributed by atoms with E-state index in [1.54, 1.807) is 0 Å². The molecule has 1 aliphatic heterocycles. The maximum Gasteiger partial charge on any atom is 0.313 e. The lowest BCUT2D eigenvalue weighted by Gasteiger charge is -2.36. The van der Waals surface area contributed by atoms with Crippen molar-refractivity contribution in [1.29, 1.82) is 0 Å². The molecule has 0 spiro atoms. The Bertz CT molecular complexity index is 385. The topological polar surface area (TPSA) is 46.5 Å². The van der Waals surface area contributed by atoms with Gasteiger partial charge in [0, 0.05) is 12.8 Å². The van der Waals surface area contributed by atoms with Gasteiger partial charge in [-0.05, 0) is 19.3 Å². The lowest BCUT2D eigenvalue weighted by molar-refractivity contribution is -0.188. The first-order valence-corrected chi connectivity index (χ1v) is 10.5. The molecule has 144 valence electrons. The maximum absolute atomic E-state index is 11.6. The van der Waals surface area contributed by atoms with Gasteiger partial charge in [0.15, 0.2) is 0 Å². The zero-order chi connectivity index (χ0) is 18.3. The van der Waals surface area contributed by atoms with Gasteiger partial charge in [-0.2, -0.15) is 0 Å². The zero-order valence-corrected chi connectivity index (χ0v) is 16.2. The van der Waals surface area contributed by atoms with Gasteiger partial charge < -0.3 is 9.84 Å². The lowest BCUT2D eigenvalue weighted by Crippen LogP contribution is -2.46. The molecule has 1 aliphatic rings. The molecule has 1 fully saturated rings. The number of terminal acetylenes is 1. The van der Waals surface area contributed by atoms with Gasteiger partial charge >= 0.3 is 5.97 Å². The molecular weight excluding hydrogens is 312 g/mol. The highest BCUT2D eigenvalue weighted by atomic mass is 16.6. The summed E-state index contributed by atoms with van der Waals surface area (Å²) in [7, 11) is 0. The van der Waals surface area contributed by atoms with Gasteiger partial charge in [-0.25, -0.2) is 0 Å². The summed E-state index contributed by atoms with van der Waals surface area (Å²) >= 11 is 0. The van der Waals surface area contributed by atoms with Crippen molar-refractivity contribution < 1.29 is 14.6 Å². The Morgan fingerprint density at radius 1 is 1.04 bits per heavy atom. The molecule has 3 heteroatoms. The van der Waals surface area contributed by atoms with Crippen LogP contribution in [-0.4, -0.2) is 23.3 Å². The fourth-order valence-electron chi connectivity index (χ4n) is 3.58. The van der Waals surface area contributed by atoms with Crippen LogP contribution in [0.5, 0.6) is 0 Å². The molecular formula is C22H38O3. The van der Waals surface area contributed by atoms with Crippen molar-refractivity contribution in [2.45, 2.75) is 115 Å². The Balaban J connectivity index is 1.99. The summed E-state index contributed by atoms with van der Waals surface area (Å²) in [5.41, 5.74) is 0. The van der Waals surface area contributed by atoms with E-state index in [1.165, 1.54) is 51.4 Å². The second kappa shape index (κ2) is 14.2. The summed E-state index contributed by atoms with van der Waals surface area (Å²) in [5, 5.41) is 10.2. The molecule has 0 aromatic rings. The quantitative estimate of drug-likeness (QED) is 0.230. The number of unbranched alkanes of at least 4 members (excludes halogenated alkanes) is 10. The minimum absolute atomic E-state index is 0.0180. The van der Waals surface area contributed by atoms with Gasteiger partial charge in [-0.3, -0.25) is 4.79 Å². The Hall–Kier alpha value is -1.01. The van der Waals surface area contributed by atoms with Crippen molar-refractivity contribution in [3.63, 3.8) is 0 Å². The monoisotopic (exact) mass is 350 g/mol. The van der Waals surface area contributed by atoms with Crippen molar-refractivity contribution >= 4 is 5.97 Å². The molecule has 0 radical (unpaired) electrons. The first-order valence-electron chi connectivity index (χ1n) is 10.5. The van der Waals surface area contributed by atoms with E-state index in [9.17, 15) is 9.90 Å². The zero-order valence-electron chi connectivity index (χ0n) is 16.2. The number of esters is 1. The Labute approximate surface area is 154 Å². The average Bonchev–Trinajstić information content (AvgIpc) is 2.59. The number of carbonyl (C=O) groups excluding carboxylic acids is 1. The number of hydrogen-bond acceptors (Lipinski definition) is 3. The van der Waals surface area contributed by atoms with Crippen LogP contribution < -0.4 is 0 Å². The highest BCUT2D eigenvalue weighted by Crippen LogP contribution is 2.31. The third-order valence-electron chi connectivity index (χ3n) is 5.25. The van der Waals surface area contributed by atoms with Gasteiger partial charge in [0.1, 0.15) is 6.10 Å². The van der Waals surface area contributed by atoms with Gasteiger partial charge in [0.2, 0.25) is 0 Å².